The second-order valence-corrected chi connectivity index (χ2v) is 6.54. The number of carbonyl (C=O) groups is 1. The first-order valence-corrected chi connectivity index (χ1v) is 8.18. The molecule has 2 rings (SSSR count). The summed E-state index contributed by atoms with van der Waals surface area (Å²) in [5.74, 6) is 0.773. The van der Waals surface area contributed by atoms with Gasteiger partial charge in [-0.3, -0.25) is 0 Å². The minimum atomic E-state index is -0.321. The molecular formula is C18H28N2O2. The van der Waals surface area contributed by atoms with E-state index in [4.69, 9.17) is 10.5 Å². The molecule has 1 aromatic rings. The Morgan fingerprint density at radius 3 is 2.64 bits per heavy atom. The zero-order valence-electron chi connectivity index (χ0n) is 13.9. The SMILES string of the molecule is CCOCCC1C(c2ccccc2)CCN(C(N)=O)C1(C)C. The second-order valence-electron chi connectivity index (χ2n) is 6.54. The van der Waals surface area contributed by atoms with Gasteiger partial charge in [0.25, 0.3) is 0 Å². The van der Waals surface area contributed by atoms with Crippen LogP contribution in [0.5, 0.6) is 0 Å². The molecule has 4 heteroatoms. The Bertz CT molecular complexity index is 487. The molecule has 1 aliphatic heterocycles. The Morgan fingerprint density at radius 2 is 2.05 bits per heavy atom. The van der Waals surface area contributed by atoms with Crippen LogP contribution in [-0.4, -0.2) is 36.2 Å². The predicted molar refractivity (Wildman–Crippen MR) is 88.8 cm³/mol. The molecule has 1 aromatic carbocycles. The molecule has 22 heavy (non-hydrogen) atoms. The van der Waals surface area contributed by atoms with Gasteiger partial charge in [0.1, 0.15) is 0 Å². The predicted octanol–water partition coefficient (Wildman–Crippen LogP) is 3.38. The number of carbonyl (C=O) groups excluding carboxylic acids is 1. The molecule has 0 aromatic heterocycles. The number of piperidine rings is 1. The van der Waals surface area contributed by atoms with E-state index in [2.05, 4.69) is 38.1 Å². The highest BCUT2D eigenvalue weighted by Crippen LogP contribution is 2.44. The summed E-state index contributed by atoms with van der Waals surface area (Å²) in [5.41, 5.74) is 6.69. The van der Waals surface area contributed by atoms with Crippen LogP contribution in [0.25, 0.3) is 0 Å². The number of amides is 2. The van der Waals surface area contributed by atoms with Gasteiger partial charge in [-0.2, -0.15) is 0 Å². The van der Waals surface area contributed by atoms with Crippen molar-refractivity contribution in [2.45, 2.75) is 45.1 Å². The summed E-state index contributed by atoms with van der Waals surface area (Å²) < 4.78 is 5.57. The Hall–Kier alpha value is -1.55. The third-order valence-corrected chi connectivity index (χ3v) is 5.02. The van der Waals surface area contributed by atoms with Crippen LogP contribution in [-0.2, 0) is 4.74 Å². The van der Waals surface area contributed by atoms with E-state index in [0.29, 0.717) is 18.4 Å². The van der Waals surface area contributed by atoms with Gasteiger partial charge in [-0.05, 0) is 51.0 Å². The standard InChI is InChI=1S/C18H28N2O2/c1-4-22-13-11-16-15(14-8-6-5-7-9-14)10-12-20(17(19)21)18(16,2)3/h5-9,15-16H,4,10-13H2,1-3H3,(H2,19,21). The van der Waals surface area contributed by atoms with E-state index in [9.17, 15) is 4.79 Å². The maximum Gasteiger partial charge on any atom is 0.315 e. The van der Waals surface area contributed by atoms with Gasteiger partial charge in [0.2, 0.25) is 0 Å². The molecule has 1 saturated heterocycles. The second kappa shape index (κ2) is 7.14. The zero-order valence-corrected chi connectivity index (χ0v) is 13.9. The Morgan fingerprint density at radius 1 is 1.36 bits per heavy atom. The van der Waals surface area contributed by atoms with Crippen molar-refractivity contribution in [1.82, 2.24) is 4.90 Å². The van der Waals surface area contributed by atoms with Crippen molar-refractivity contribution in [2.24, 2.45) is 11.7 Å². The van der Waals surface area contributed by atoms with Gasteiger partial charge in [-0.15, -0.1) is 0 Å². The summed E-state index contributed by atoms with van der Waals surface area (Å²) in [5, 5.41) is 0. The average molecular weight is 304 g/mol. The number of likely N-dealkylation sites (tertiary alicyclic amines) is 1. The molecule has 0 saturated carbocycles. The van der Waals surface area contributed by atoms with Crippen LogP contribution in [0.15, 0.2) is 30.3 Å². The van der Waals surface area contributed by atoms with E-state index in [0.717, 1.165) is 26.1 Å². The molecule has 0 aliphatic carbocycles. The third-order valence-electron chi connectivity index (χ3n) is 5.02. The first-order chi connectivity index (χ1) is 10.5. The monoisotopic (exact) mass is 304 g/mol. The minimum Gasteiger partial charge on any atom is -0.382 e. The maximum atomic E-state index is 11.8. The number of nitrogens with zero attached hydrogens (tertiary/aromatic N) is 1. The summed E-state index contributed by atoms with van der Waals surface area (Å²) in [6.45, 7) is 8.43. The largest absolute Gasteiger partial charge is 0.382 e. The molecule has 2 amide bonds. The topological polar surface area (TPSA) is 55.6 Å². The summed E-state index contributed by atoms with van der Waals surface area (Å²) in [6, 6.07) is 10.3. The first-order valence-electron chi connectivity index (χ1n) is 8.18. The van der Waals surface area contributed by atoms with Crippen LogP contribution in [0.1, 0.15) is 45.1 Å². The molecule has 2 atom stereocenters. The molecule has 0 radical (unpaired) electrons. The number of urea groups is 1. The number of rotatable bonds is 5. The highest BCUT2D eigenvalue weighted by atomic mass is 16.5. The zero-order chi connectivity index (χ0) is 16.2. The molecule has 2 N–H and O–H groups in total. The Labute approximate surface area is 133 Å². The van der Waals surface area contributed by atoms with E-state index in [-0.39, 0.29) is 11.6 Å². The molecule has 1 aliphatic rings. The van der Waals surface area contributed by atoms with Crippen LogP contribution in [0.3, 0.4) is 0 Å². The average Bonchev–Trinajstić information content (AvgIpc) is 2.49. The number of nitrogens with two attached hydrogens (primary N) is 1. The van der Waals surface area contributed by atoms with Crippen molar-refractivity contribution >= 4 is 6.03 Å². The number of benzene rings is 1. The summed E-state index contributed by atoms with van der Waals surface area (Å²) in [4.78, 5) is 13.6. The minimum absolute atomic E-state index is 0.262. The molecule has 2 unspecified atom stereocenters. The van der Waals surface area contributed by atoms with Crippen LogP contribution in [0.4, 0.5) is 4.79 Å². The lowest BCUT2D eigenvalue weighted by molar-refractivity contribution is 0.0184. The Kier molecular flexibility index (Phi) is 5.46. The summed E-state index contributed by atoms with van der Waals surface area (Å²) in [6.07, 6.45) is 1.89. The van der Waals surface area contributed by atoms with Crippen LogP contribution >= 0.6 is 0 Å². The van der Waals surface area contributed by atoms with Crippen molar-refractivity contribution in [2.75, 3.05) is 19.8 Å². The molecule has 1 fully saturated rings. The lowest BCUT2D eigenvalue weighted by Crippen LogP contribution is -2.59. The molecule has 4 nitrogen and oxygen atoms in total. The van der Waals surface area contributed by atoms with Crippen molar-refractivity contribution < 1.29 is 9.53 Å². The van der Waals surface area contributed by atoms with E-state index in [1.165, 1.54) is 5.56 Å². The van der Waals surface area contributed by atoms with E-state index in [1.807, 2.05) is 17.9 Å². The van der Waals surface area contributed by atoms with Crippen LogP contribution < -0.4 is 5.73 Å². The molecule has 0 spiro atoms. The molecule has 0 bridgehead atoms. The fourth-order valence-electron chi connectivity index (χ4n) is 3.85. The molecule has 122 valence electrons. The smallest absolute Gasteiger partial charge is 0.315 e. The van der Waals surface area contributed by atoms with Crippen molar-refractivity contribution in [3.63, 3.8) is 0 Å². The van der Waals surface area contributed by atoms with Crippen molar-refractivity contribution in [3.8, 4) is 0 Å². The van der Waals surface area contributed by atoms with Gasteiger partial charge < -0.3 is 15.4 Å². The Balaban J connectivity index is 2.27. The highest BCUT2D eigenvalue weighted by Gasteiger charge is 2.45. The molecular weight excluding hydrogens is 276 g/mol. The molecule has 1 heterocycles. The quantitative estimate of drug-likeness (QED) is 0.848. The van der Waals surface area contributed by atoms with Gasteiger partial charge >= 0.3 is 6.03 Å². The van der Waals surface area contributed by atoms with Crippen LogP contribution in [0, 0.1) is 5.92 Å². The number of hydrogen-bond acceptors (Lipinski definition) is 2. The normalized spacial score (nSPS) is 24.2. The lowest BCUT2D eigenvalue weighted by atomic mass is 9.68. The van der Waals surface area contributed by atoms with Crippen LogP contribution in [0.2, 0.25) is 0 Å². The number of ether oxygens (including phenoxy) is 1. The summed E-state index contributed by atoms with van der Waals surface area (Å²) in [7, 11) is 0. The number of primary amides is 1. The summed E-state index contributed by atoms with van der Waals surface area (Å²) >= 11 is 0. The van der Waals surface area contributed by atoms with Gasteiger partial charge in [0.05, 0.1) is 0 Å². The van der Waals surface area contributed by atoms with Crippen molar-refractivity contribution in [3.05, 3.63) is 35.9 Å². The lowest BCUT2D eigenvalue weighted by Gasteiger charge is -2.51. The third kappa shape index (κ3) is 3.43. The van der Waals surface area contributed by atoms with Gasteiger partial charge in [0, 0.05) is 25.3 Å². The van der Waals surface area contributed by atoms with Gasteiger partial charge in [0.15, 0.2) is 0 Å². The fourth-order valence-corrected chi connectivity index (χ4v) is 3.85. The first kappa shape index (κ1) is 16.8. The van der Waals surface area contributed by atoms with E-state index in [1.54, 1.807) is 0 Å². The van der Waals surface area contributed by atoms with E-state index < -0.39 is 0 Å². The van der Waals surface area contributed by atoms with Crippen molar-refractivity contribution in [1.29, 1.82) is 0 Å². The van der Waals surface area contributed by atoms with E-state index >= 15 is 0 Å². The van der Waals surface area contributed by atoms with Gasteiger partial charge in [-0.25, -0.2) is 4.79 Å². The van der Waals surface area contributed by atoms with Gasteiger partial charge in [-0.1, -0.05) is 30.3 Å². The fraction of sp³-hybridized carbons (Fsp3) is 0.611. The number of hydrogen-bond donors (Lipinski definition) is 1. The highest BCUT2D eigenvalue weighted by molar-refractivity contribution is 5.73. The maximum absolute atomic E-state index is 11.8.